The van der Waals surface area contributed by atoms with E-state index < -0.39 is 0 Å². The highest BCUT2D eigenvalue weighted by atomic mass is 16.2. The summed E-state index contributed by atoms with van der Waals surface area (Å²) in [6.07, 6.45) is 8.66. The molecule has 2 aliphatic carbocycles. The predicted molar refractivity (Wildman–Crippen MR) is 72.6 cm³/mol. The van der Waals surface area contributed by atoms with E-state index in [1.165, 1.54) is 32.1 Å². The summed E-state index contributed by atoms with van der Waals surface area (Å²) in [5, 5.41) is 10.8. The van der Waals surface area contributed by atoms with E-state index in [0.717, 1.165) is 18.5 Å². The molecule has 0 atom stereocenters. The Labute approximate surface area is 113 Å². The van der Waals surface area contributed by atoms with Crippen LogP contribution in [-0.2, 0) is 11.8 Å². The number of hydrogen-bond acceptors (Lipinski definition) is 3. The molecular weight excluding hydrogens is 240 g/mol. The molecule has 2 saturated carbocycles. The largest absolute Gasteiger partial charge is 0.307 e. The molecule has 0 unspecified atom stereocenters. The van der Waals surface area contributed by atoms with Gasteiger partial charge in [0, 0.05) is 13.0 Å². The molecule has 2 fully saturated rings. The second-order valence-electron chi connectivity index (χ2n) is 6.26. The van der Waals surface area contributed by atoms with Crippen LogP contribution >= 0.6 is 0 Å². The molecule has 0 aromatic carbocycles. The molecule has 2 aliphatic rings. The summed E-state index contributed by atoms with van der Waals surface area (Å²) in [6, 6.07) is 0. The van der Waals surface area contributed by atoms with Crippen LogP contribution in [0.25, 0.3) is 0 Å². The van der Waals surface area contributed by atoms with Crippen LogP contribution in [0.2, 0.25) is 0 Å². The van der Waals surface area contributed by atoms with Gasteiger partial charge in [-0.25, -0.2) is 0 Å². The Kier molecular flexibility index (Phi) is 3.07. The van der Waals surface area contributed by atoms with Crippen LogP contribution in [-0.4, -0.2) is 20.9 Å². The summed E-state index contributed by atoms with van der Waals surface area (Å²) in [5.41, 5.74) is 1.51. The molecule has 5 heteroatoms. The fourth-order valence-electron chi connectivity index (χ4n) is 3.41. The van der Waals surface area contributed by atoms with Crippen LogP contribution < -0.4 is 5.32 Å². The Morgan fingerprint density at radius 3 is 2.47 bits per heavy atom. The molecule has 1 amide bonds. The predicted octanol–water partition coefficient (Wildman–Crippen LogP) is 2.42. The first-order valence-electron chi connectivity index (χ1n) is 7.27. The number of carbonyl (C=O) groups is 1. The lowest BCUT2D eigenvalue weighted by Crippen LogP contribution is -2.37. The Hall–Kier alpha value is -1.39. The van der Waals surface area contributed by atoms with Gasteiger partial charge < -0.3 is 5.32 Å². The lowest BCUT2D eigenvalue weighted by molar-refractivity contribution is -0.122. The molecule has 19 heavy (non-hydrogen) atoms. The number of hydrogen-bond donors (Lipinski definition) is 1. The van der Waals surface area contributed by atoms with Gasteiger partial charge in [0.2, 0.25) is 5.91 Å². The highest BCUT2D eigenvalue weighted by Crippen LogP contribution is 2.52. The van der Waals surface area contributed by atoms with Gasteiger partial charge in [-0.05, 0) is 50.9 Å². The molecule has 1 spiro atoms. The quantitative estimate of drug-likeness (QED) is 0.890. The molecule has 1 aromatic rings. The van der Waals surface area contributed by atoms with E-state index >= 15 is 0 Å². The maximum absolute atomic E-state index is 12.3. The van der Waals surface area contributed by atoms with Crippen molar-refractivity contribution in [2.24, 2.45) is 18.4 Å². The third-order valence-electron chi connectivity index (χ3n) is 5.18. The third-order valence-corrected chi connectivity index (χ3v) is 5.18. The number of amides is 1. The standard InChI is InChI=1S/C14H22N4O/c1-10-12(16-17-18(10)2)15-13(19)11-4-8-14(9-5-11)6-3-7-14/h11H,3-9H2,1-2H3,(H,15,19). The molecule has 0 bridgehead atoms. The van der Waals surface area contributed by atoms with Gasteiger partial charge in [0.05, 0.1) is 5.69 Å². The van der Waals surface area contributed by atoms with Gasteiger partial charge >= 0.3 is 0 Å². The van der Waals surface area contributed by atoms with E-state index in [9.17, 15) is 4.79 Å². The lowest BCUT2D eigenvalue weighted by Gasteiger charge is -2.46. The maximum Gasteiger partial charge on any atom is 0.228 e. The molecule has 5 nitrogen and oxygen atoms in total. The number of rotatable bonds is 2. The van der Waals surface area contributed by atoms with Crippen molar-refractivity contribution in [3.8, 4) is 0 Å². The first kappa shape index (κ1) is 12.6. The van der Waals surface area contributed by atoms with E-state index in [-0.39, 0.29) is 11.8 Å². The second-order valence-corrected chi connectivity index (χ2v) is 6.26. The Bertz CT molecular complexity index is 480. The minimum Gasteiger partial charge on any atom is -0.307 e. The molecule has 1 heterocycles. The van der Waals surface area contributed by atoms with Crippen molar-refractivity contribution in [3.05, 3.63) is 5.69 Å². The van der Waals surface area contributed by atoms with Crippen LogP contribution in [0.3, 0.4) is 0 Å². The number of carbonyl (C=O) groups excluding carboxylic acids is 1. The first-order chi connectivity index (χ1) is 9.10. The smallest absolute Gasteiger partial charge is 0.228 e. The Morgan fingerprint density at radius 2 is 2.00 bits per heavy atom. The van der Waals surface area contributed by atoms with Gasteiger partial charge in [0.15, 0.2) is 5.82 Å². The van der Waals surface area contributed by atoms with Crippen molar-refractivity contribution in [1.82, 2.24) is 15.0 Å². The minimum atomic E-state index is 0.123. The third kappa shape index (κ3) is 2.26. The molecule has 3 rings (SSSR count). The van der Waals surface area contributed by atoms with Crippen LogP contribution in [0.15, 0.2) is 0 Å². The molecule has 1 aromatic heterocycles. The fraction of sp³-hybridized carbons (Fsp3) is 0.786. The Balaban J connectivity index is 1.58. The summed E-state index contributed by atoms with van der Waals surface area (Å²) < 4.78 is 1.68. The SMILES string of the molecule is Cc1c(NC(=O)C2CCC3(CCC3)CC2)nnn1C. The van der Waals surface area contributed by atoms with Crippen molar-refractivity contribution in [1.29, 1.82) is 0 Å². The zero-order valence-corrected chi connectivity index (χ0v) is 11.8. The first-order valence-corrected chi connectivity index (χ1v) is 7.27. The van der Waals surface area contributed by atoms with E-state index in [4.69, 9.17) is 0 Å². The highest BCUT2D eigenvalue weighted by Gasteiger charge is 2.41. The van der Waals surface area contributed by atoms with Crippen LogP contribution in [0.1, 0.15) is 50.6 Å². The van der Waals surface area contributed by atoms with Crippen molar-refractivity contribution >= 4 is 11.7 Å². The average molecular weight is 262 g/mol. The monoisotopic (exact) mass is 262 g/mol. The average Bonchev–Trinajstić information content (AvgIpc) is 2.69. The van der Waals surface area contributed by atoms with E-state index in [2.05, 4.69) is 15.6 Å². The highest BCUT2D eigenvalue weighted by molar-refractivity contribution is 5.92. The zero-order chi connectivity index (χ0) is 13.5. The number of aryl methyl sites for hydroxylation is 1. The lowest BCUT2D eigenvalue weighted by atomic mass is 9.59. The maximum atomic E-state index is 12.3. The van der Waals surface area contributed by atoms with Gasteiger partial charge in [-0.15, -0.1) is 5.10 Å². The van der Waals surface area contributed by atoms with E-state index in [1.54, 1.807) is 4.68 Å². The number of anilines is 1. The van der Waals surface area contributed by atoms with Gasteiger partial charge in [-0.3, -0.25) is 9.48 Å². The van der Waals surface area contributed by atoms with Crippen LogP contribution in [0, 0.1) is 18.3 Å². The minimum absolute atomic E-state index is 0.123. The van der Waals surface area contributed by atoms with Crippen molar-refractivity contribution < 1.29 is 4.79 Å². The zero-order valence-electron chi connectivity index (χ0n) is 11.8. The second kappa shape index (κ2) is 4.62. The normalized spacial score (nSPS) is 22.2. The summed E-state index contributed by atoms with van der Waals surface area (Å²) in [5.74, 6) is 0.891. The summed E-state index contributed by atoms with van der Waals surface area (Å²) >= 11 is 0. The van der Waals surface area contributed by atoms with Gasteiger partial charge in [0.1, 0.15) is 0 Å². The van der Waals surface area contributed by atoms with Crippen molar-refractivity contribution in [3.63, 3.8) is 0 Å². The molecule has 1 N–H and O–H groups in total. The summed E-state index contributed by atoms with van der Waals surface area (Å²) in [6.45, 7) is 1.92. The molecule has 0 saturated heterocycles. The van der Waals surface area contributed by atoms with Gasteiger partial charge in [-0.2, -0.15) is 0 Å². The van der Waals surface area contributed by atoms with Crippen LogP contribution in [0.4, 0.5) is 5.82 Å². The van der Waals surface area contributed by atoms with Crippen molar-refractivity contribution in [2.45, 2.75) is 51.9 Å². The Morgan fingerprint density at radius 1 is 1.32 bits per heavy atom. The van der Waals surface area contributed by atoms with Gasteiger partial charge in [-0.1, -0.05) is 11.6 Å². The van der Waals surface area contributed by atoms with Crippen molar-refractivity contribution in [2.75, 3.05) is 5.32 Å². The molecule has 0 aliphatic heterocycles. The molecule has 0 radical (unpaired) electrons. The number of nitrogens with zero attached hydrogens (tertiary/aromatic N) is 3. The molecular formula is C14H22N4O. The summed E-state index contributed by atoms with van der Waals surface area (Å²) in [7, 11) is 1.83. The summed E-state index contributed by atoms with van der Waals surface area (Å²) in [4.78, 5) is 12.3. The van der Waals surface area contributed by atoms with E-state index in [1.807, 2.05) is 14.0 Å². The van der Waals surface area contributed by atoms with Gasteiger partial charge in [0.25, 0.3) is 0 Å². The number of aromatic nitrogens is 3. The van der Waals surface area contributed by atoms with Crippen LogP contribution in [0.5, 0.6) is 0 Å². The fourth-order valence-corrected chi connectivity index (χ4v) is 3.41. The number of nitrogens with one attached hydrogen (secondary N) is 1. The molecule has 104 valence electrons. The topological polar surface area (TPSA) is 59.8 Å². The van der Waals surface area contributed by atoms with E-state index in [0.29, 0.717) is 11.2 Å².